The highest BCUT2D eigenvalue weighted by Crippen LogP contribution is 2.53. The van der Waals surface area contributed by atoms with Gasteiger partial charge in [-0.1, -0.05) is 71.9 Å². The topological polar surface area (TPSA) is 59.1 Å². The Hall–Kier alpha value is -2.67. The van der Waals surface area contributed by atoms with E-state index in [1.807, 2.05) is 55.5 Å². The number of pyridine rings is 1. The van der Waals surface area contributed by atoms with Gasteiger partial charge in [-0.3, -0.25) is 0 Å². The summed E-state index contributed by atoms with van der Waals surface area (Å²) in [4.78, 5) is 4.73. The first kappa shape index (κ1) is 19.3. The molecule has 2 atom stereocenters. The van der Waals surface area contributed by atoms with Crippen LogP contribution >= 0.6 is 11.8 Å². The van der Waals surface area contributed by atoms with Crippen LogP contribution in [0, 0.1) is 6.92 Å². The Balaban J connectivity index is 1.59. The van der Waals surface area contributed by atoms with Gasteiger partial charge in [0.2, 0.25) is 10.0 Å². The molecule has 0 bridgehead atoms. The molecule has 4 nitrogen and oxygen atoms in total. The maximum atomic E-state index is 13.2. The molecule has 0 radical (unpaired) electrons. The number of rotatable bonds is 5. The monoisotopic (exact) mass is 432 g/mol. The van der Waals surface area contributed by atoms with E-state index in [-0.39, 0.29) is 16.2 Å². The average Bonchev–Trinajstić information content (AvgIpc) is 3.04. The van der Waals surface area contributed by atoms with Gasteiger partial charge in [-0.25, -0.2) is 18.1 Å². The molecule has 0 aliphatic heterocycles. The standard InChI is InChI=1S/C24H20N2O2S2/c1-16-11-13-18(14-12-16)30(27,28)26-23-19-8-4-6-17-7-5-9-20(22(17)19)24(23)29-21-10-2-3-15-25-21/h2-15,23-24,26H,1H3. The summed E-state index contributed by atoms with van der Waals surface area (Å²) in [5, 5.41) is 3.01. The predicted octanol–water partition coefficient (Wildman–Crippen LogP) is 5.41. The van der Waals surface area contributed by atoms with Crippen molar-refractivity contribution in [2.45, 2.75) is 28.1 Å². The molecule has 1 heterocycles. The van der Waals surface area contributed by atoms with E-state index in [0.717, 1.165) is 32.5 Å². The Morgan fingerprint density at radius 1 is 0.867 bits per heavy atom. The van der Waals surface area contributed by atoms with Crippen molar-refractivity contribution >= 4 is 32.6 Å². The fourth-order valence-corrected chi connectivity index (χ4v) is 6.52. The molecule has 1 aliphatic carbocycles. The van der Waals surface area contributed by atoms with Gasteiger partial charge >= 0.3 is 0 Å². The maximum absolute atomic E-state index is 13.2. The van der Waals surface area contributed by atoms with Gasteiger partial charge in [0.25, 0.3) is 0 Å². The van der Waals surface area contributed by atoms with E-state index in [2.05, 4.69) is 27.9 Å². The molecule has 0 amide bonds. The molecule has 30 heavy (non-hydrogen) atoms. The highest BCUT2D eigenvalue weighted by Gasteiger charge is 2.38. The molecule has 1 N–H and O–H groups in total. The Labute approximate surface area is 180 Å². The van der Waals surface area contributed by atoms with Gasteiger partial charge in [0, 0.05) is 6.20 Å². The lowest BCUT2D eigenvalue weighted by molar-refractivity contribution is 0.557. The molecule has 2 unspecified atom stereocenters. The minimum atomic E-state index is -3.68. The number of nitrogens with one attached hydrogen (secondary N) is 1. The zero-order chi connectivity index (χ0) is 20.7. The van der Waals surface area contributed by atoms with Crippen molar-refractivity contribution in [2.24, 2.45) is 0 Å². The van der Waals surface area contributed by atoms with Crippen LogP contribution in [0.4, 0.5) is 0 Å². The summed E-state index contributed by atoms with van der Waals surface area (Å²) in [6.45, 7) is 1.94. The van der Waals surface area contributed by atoms with Crippen LogP contribution in [0.1, 0.15) is 28.0 Å². The molecular weight excluding hydrogens is 412 g/mol. The van der Waals surface area contributed by atoms with Crippen molar-refractivity contribution in [1.82, 2.24) is 9.71 Å². The van der Waals surface area contributed by atoms with E-state index in [1.165, 1.54) is 0 Å². The molecule has 4 aromatic rings. The number of hydrogen-bond donors (Lipinski definition) is 1. The van der Waals surface area contributed by atoms with E-state index in [9.17, 15) is 8.42 Å². The minimum absolute atomic E-state index is 0.110. The van der Waals surface area contributed by atoms with Crippen LogP contribution in [-0.2, 0) is 10.0 Å². The quantitative estimate of drug-likeness (QED) is 0.458. The SMILES string of the molecule is Cc1ccc(S(=O)(=O)NC2c3cccc4cccc(c34)C2Sc2ccccn2)cc1. The van der Waals surface area contributed by atoms with Gasteiger partial charge in [0.15, 0.2) is 0 Å². The molecule has 1 aliphatic rings. The molecule has 0 saturated heterocycles. The number of aryl methyl sites for hydroxylation is 1. The van der Waals surface area contributed by atoms with Crippen LogP contribution in [0.25, 0.3) is 10.8 Å². The van der Waals surface area contributed by atoms with E-state index in [0.29, 0.717) is 0 Å². The predicted molar refractivity (Wildman–Crippen MR) is 121 cm³/mol. The smallest absolute Gasteiger partial charge is 0.241 e. The van der Waals surface area contributed by atoms with Crippen LogP contribution in [0.5, 0.6) is 0 Å². The first-order chi connectivity index (χ1) is 14.5. The number of aromatic nitrogens is 1. The zero-order valence-electron chi connectivity index (χ0n) is 16.3. The Morgan fingerprint density at radius 2 is 1.60 bits per heavy atom. The van der Waals surface area contributed by atoms with Gasteiger partial charge in [-0.2, -0.15) is 0 Å². The normalized spacial score (nSPS) is 18.0. The summed E-state index contributed by atoms with van der Waals surface area (Å²) < 4.78 is 29.5. The van der Waals surface area contributed by atoms with Crippen LogP contribution in [-0.4, -0.2) is 13.4 Å². The molecule has 0 fully saturated rings. The van der Waals surface area contributed by atoms with Crippen molar-refractivity contribution in [3.63, 3.8) is 0 Å². The molecule has 1 aromatic heterocycles. The largest absolute Gasteiger partial charge is 0.250 e. The van der Waals surface area contributed by atoms with Crippen molar-refractivity contribution in [1.29, 1.82) is 0 Å². The Kier molecular flexibility index (Phi) is 4.85. The first-order valence-electron chi connectivity index (χ1n) is 9.71. The van der Waals surface area contributed by atoms with E-state index in [4.69, 9.17) is 0 Å². The molecule has 6 heteroatoms. The fourth-order valence-electron chi connectivity index (χ4n) is 4.00. The second kappa shape index (κ2) is 7.54. The van der Waals surface area contributed by atoms with Crippen molar-refractivity contribution in [3.8, 4) is 0 Å². The third-order valence-corrected chi connectivity index (χ3v) is 8.13. The van der Waals surface area contributed by atoms with Gasteiger partial charge < -0.3 is 0 Å². The van der Waals surface area contributed by atoms with Gasteiger partial charge in [0.1, 0.15) is 0 Å². The fraction of sp³-hybridized carbons (Fsp3) is 0.125. The molecule has 0 spiro atoms. The zero-order valence-corrected chi connectivity index (χ0v) is 18.0. The van der Waals surface area contributed by atoms with Crippen molar-refractivity contribution in [3.05, 3.63) is 102 Å². The van der Waals surface area contributed by atoms with E-state index >= 15 is 0 Å². The van der Waals surface area contributed by atoms with Gasteiger partial charge in [0.05, 0.1) is 21.2 Å². The summed E-state index contributed by atoms with van der Waals surface area (Å²) in [5.41, 5.74) is 3.16. The van der Waals surface area contributed by atoms with Crippen LogP contribution in [0.3, 0.4) is 0 Å². The minimum Gasteiger partial charge on any atom is -0.250 e. The summed E-state index contributed by atoms with van der Waals surface area (Å²) in [6.07, 6.45) is 1.76. The summed E-state index contributed by atoms with van der Waals surface area (Å²) in [5.74, 6) is 0. The molecule has 3 aromatic carbocycles. The van der Waals surface area contributed by atoms with Gasteiger partial charge in [-0.05, 0) is 53.1 Å². The van der Waals surface area contributed by atoms with Crippen molar-refractivity contribution in [2.75, 3.05) is 0 Å². The number of nitrogens with zero attached hydrogens (tertiary/aromatic N) is 1. The number of sulfonamides is 1. The number of hydrogen-bond acceptors (Lipinski definition) is 4. The van der Waals surface area contributed by atoms with Crippen molar-refractivity contribution < 1.29 is 8.42 Å². The highest BCUT2D eigenvalue weighted by molar-refractivity contribution is 7.99. The second-order valence-electron chi connectivity index (χ2n) is 7.41. The van der Waals surface area contributed by atoms with E-state index in [1.54, 1.807) is 30.1 Å². The average molecular weight is 433 g/mol. The summed E-state index contributed by atoms with van der Waals surface area (Å²) in [7, 11) is -3.68. The maximum Gasteiger partial charge on any atom is 0.241 e. The molecule has 5 rings (SSSR count). The number of benzene rings is 3. The molecular formula is C24H20N2O2S2. The van der Waals surface area contributed by atoms with Crippen LogP contribution in [0.15, 0.2) is 95.0 Å². The summed E-state index contributed by atoms with van der Waals surface area (Å²) in [6, 6.07) is 24.6. The number of thioether (sulfide) groups is 1. The Bertz CT molecular complexity index is 1320. The third-order valence-electron chi connectivity index (χ3n) is 5.41. The van der Waals surface area contributed by atoms with Gasteiger partial charge in [-0.15, -0.1) is 0 Å². The first-order valence-corrected chi connectivity index (χ1v) is 12.1. The molecule has 0 saturated carbocycles. The van der Waals surface area contributed by atoms with E-state index < -0.39 is 10.0 Å². The lowest BCUT2D eigenvalue weighted by Crippen LogP contribution is -2.30. The van der Waals surface area contributed by atoms with Crippen LogP contribution in [0.2, 0.25) is 0 Å². The van der Waals surface area contributed by atoms with Crippen LogP contribution < -0.4 is 4.72 Å². The lowest BCUT2D eigenvalue weighted by Gasteiger charge is -2.22. The highest BCUT2D eigenvalue weighted by atomic mass is 32.2. The summed E-state index contributed by atoms with van der Waals surface area (Å²) >= 11 is 1.59. The second-order valence-corrected chi connectivity index (χ2v) is 10.3. The lowest BCUT2D eigenvalue weighted by atomic mass is 10.1. The molecule has 150 valence electrons. The Morgan fingerprint density at radius 3 is 2.30 bits per heavy atom. The third kappa shape index (κ3) is 3.41.